The van der Waals surface area contributed by atoms with Crippen molar-refractivity contribution in [2.75, 3.05) is 6.61 Å². The maximum Gasteiger partial charge on any atom is 0.276 e. The topological polar surface area (TPSA) is 67.8 Å². The Bertz CT molecular complexity index is 785. The number of benzene rings is 2. The average Bonchev–Trinajstić information content (AvgIpc) is 2.54. The molecule has 0 saturated carbocycles. The first-order chi connectivity index (χ1) is 10.9. The second-order valence-electron chi connectivity index (χ2n) is 4.70. The Kier molecular flexibility index (Phi) is 5.79. The van der Waals surface area contributed by atoms with E-state index in [-0.39, 0.29) is 4.90 Å². The van der Waals surface area contributed by atoms with Gasteiger partial charge in [-0.3, -0.25) is 0 Å². The first-order valence-corrected chi connectivity index (χ1v) is 9.25. The van der Waals surface area contributed by atoms with Gasteiger partial charge in [0.2, 0.25) is 0 Å². The smallest absolute Gasteiger partial charge is 0.276 e. The lowest BCUT2D eigenvalue weighted by Gasteiger charge is -2.07. The molecule has 1 N–H and O–H groups in total. The summed E-state index contributed by atoms with van der Waals surface area (Å²) in [6.07, 6.45) is 0. The van der Waals surface area contributed by atoms with E-state index in [0.717, 1.165) is 10.0 Å². The summed E-state index contributed by atoms with van der Waals surface area (Å²) in [6, 6.07) is 13.6. The van der Waals surface area contributed by atoms with Crippen molar-refractivity contribution in [3.63, 3.8) is 0 Å². The molecule has 0 unspecified atom stereocenters. The Labute approximate surface area is 144 Å². The van der Waals surface area contributed by atoms with E-state index in [1.807, 2.05) is 31.2 Å². The zero-order valence-electron chi connectivity index (χ0n) is 12.8. The maximum absolute atomic E-state index is 12.2. The van der Waals surface area contributed by atoms with Gasteiger partial charge in [-0.05, 0) is 55.8 Å². The summed E-state index contributed by atoms with van der Waals surface area (Å²) < 4.78 is 30.7. The van der Waals surface area contributed by atoms with Gasteiger partial charge in [0.25, 0.3) is 10.0 Å². The van der Waals surface area contributed by atoms with Gasteiger partial charge in [-0.1, -0.05) is 28.1 Å². The van der Waals surface area contributed by atoms with E-state index < -0.39 is 10.0 Å². The molecule has 0 fully saturated rings. The molecule has 7 heteroatoms. The predicted octanol–water partition coefficient (Wildman–Crippen LogP) is 3.55. The highest BCUT2D eigenvalue weighted by Crippen LogP contribution is 2.16. The van der Waals surface area contributed by atoms with Gasteiger partial charge in [-0.25, -0.2) is 0 Å². The molecule has 23 heavy (non-hydrogen) atoms. The van der Waals surface area contributed by atoms with Crippen molar-refractivity contribution in [1.29, 1.82) is 0 Å². The average molecular weight is 397 g/mol. The van der Waals surface area contributed by atoms with Crippen molar-refractivity contribution in [3.8, 4) is 5.75 Å². The minimum Gasteiger partial charge on any atom is -0.494 e. The molecule has 0 bridgehead atoms. The van der Waals surface area contributed by atoms with Crippen molar-refractivity contribution in [2.45, 2.75) is 18.7 Å². The largest absolute Gasteiger partial charge is 0.494 e. The van der Waals surface area contributed by atoms with Crippen LogP contribution in [-0.2, 0) is 10.0 Å². The SMILES string of the molecule is CCOc1ccc(S(=O)(=O)N/N=C(/C)c2ccc(Br)cc2)cc1. The molecule has 0 radical (unpaired) electrons. The lowest BCUT2D eigenvalue weighted by Crippen LogP contribution is -2.19. The highest BCUT2D eigenvalue weighted by Gasteiger charge is 2.13. The number of nitrogens with zero attached hydrogens (tertiary/aromatic N) is 1. The van der Waals surface area contributed by atoms with Crippen LogP contribution in [0.3, 0.4) is 0 Å². The van der Waals surface area contributed by atoms with Crippen LogP contribution >= 0.6 is 15.9 Å². The molecule has 0 aliphatic heterocycles. The van der Waals surface area contributed by atoms with Crippen molar-refractivity contribution in [2.24, 2.45) is 5.10 Å². The standard InChI is InChI=1S/C16H17BrN2O3S/c1-3-22-15-8-10-16(11-9-15)23(20,21)19-18-12(2)13-4-6-14(17)7-5-13/h4-11,19H,3H2,1-2H3/b18-12-. The molecule has 0 amide bonds. The van der Waals surface area contributed by atoms with E-state index in [1.165, 1.54) is 12.1 Å². The van der Waals surface area contributed by atoms with Crippen LogP contribution < -0.4 is 9.57 Å². The minimum atomic E-state index is -3.71. The van der Waals surface area contributed by atoms with Gasteiger partial charge in [0.15, 0.2) is 0 Å². The molecular formula is C16H17BrN2O3S. The number of hydrazone groups is 1. The molecular weight excluding hydrogens is 380 g/mol. The molecule has 0 aliphatic rings. The molecule has 0 heterocycles. The quantitative estimate of drug-likeness (QED) is 0.599. The van der Waals surface area contributed by atoms with Gasteiger partial charge in [0.05, 0.1) is 17.2 Å². The third-order valence-electron chi connectivity index (χ3n) is 3.04. The van der Waals surface area contributed by atoms with Crippen LogP contribution in [0.5, 0.6) is 5.75 Å². The van der Waals surface area contributed by atoms with E-state index in [9.17, 15) is 8.42 Å². The van der Waals surface area contributed by atoms with Gasteiger partial charge in [0, 0.05) is 4.47 Å². The molecule has 2 rings (SSSR count). The molecule has 5 nitrogen and oxygen atoms in total. The summed E-state index contributed by atoms with van der Waals surface area (Å²) in [5.41, 5.74) is 1.41. The Morgan fingerprint density at radius 2 is 1.74 bits per heavy atom. The van der Waals surface area contributed by atoms with Crippen LogP contribution in [0, 0.1) is 0 Å². The van der Waals surface area contributed by atoms with Gasteiger partial charge < -0.3 is 4.74 Å². The second-order valence-corrected chi connectivity index (χ2v) is 7.28. The summed E-state index contributed by atoms with van der Waals surface area (Å²) in [7, 11) is -3.71. The number of hydrogen-bond donors (Lipinski definition) is 1. The summed E-state index contributed by atoms with van der Waals surface area (Å²) >= 11 is 3.35. The maximum atomic E-state index is 12.2. The second kappa shape index (κ2) is 7.61. The van der Waals surface area contributed by atoms with Crippen LogP contribution in [0.2, 0.25) is 0 Å². The third kappa shape index (κ3) is 4.80. The number of hydrogen-bond acceptors (Lipinski definition) is 4. The van der Waals surface area contributed by atoms with Crippen molar-refractivity contribution in [1.82, 2.24) is 4.83 Å². The highest BCUT2D eigenvalue weighted by atomic mass is 79.9. The fraction of sp³-hybridized carbons (Fsp3) is 0.188. The van der Waals surface area contributed by atoms with Crippen LogP contribution in [0.25, 0.3) is 0 Å². The molecule has 0 aromatic heterocycles. The van der Waals surface area contributed by atoms with Crippen molar-refractivity contribution >= 4 is 31.7 Å². The van der Waals surface area contributed by atoms with Gasteiger partial charge in [0.1, 0.15) is 5.75 Å². The fourth-order valence-electron chi connectivity index (χ4n) is 1.82. The molecule has 0 saturated heterocycles. The zero-order chi connectivity index (χ0) is 16.9. The lowest BCUT2D eigenvalue weighted by molar-refractivity contribution is 0.340. The van der Waals surface area contributed by atoms with Gasteiger partial charge >= 0.3 is 0 Å². The monoisotopic (exact) mass is 396 g/mol. The van der Waals surface area contributed by atoms with Crippen molar-refractivity contribution in [3.05, 3.63) is 58.6 Å². The molecule has 2 aromatic rings. The Morgan fingerprint density at radius 3 is 2.30 bits per heavy atom. The van der Waals surface area contributed by atoms with E-state index in [4.69, 9.17) is 4.74 Å². The van der Waals surface area contributed by atoms with Crippen LogP contribution in [0.1, 0.15) is 19.4 Å². The highest BCUT2D eigenvalue weighted by molar-refractivity contribution is 9.10. The molecule has 0 atom stereocenters. The molecule has 0 spiro atoms. The van der Waals surface area contributed by atoms with E-state index in [0.29, 0.717) is 18.1 Å². The zero-order valence-corrected chi connectivity index (χ0v) is 15.2. The number of nitrogens with one attached hydrogen (secondary N) is 1. The first-order valence-electron chi connectivity index (χ1n) is 6.97. The van der Waals surface area contributed by atoms with Crippen LogP contribution in [-0.4, -0.2) is 20.7 Å². The predicted molar refractivity (Wildman–Crippen MR) is 94.3 cm³/mol. The summed E-state index contributed by atoms with van der Waals surface area (Å²) in [5, 5.41) is 3.96. The first kappa shape index (κ1) is 17.5. The van der Waals surface area contributed by atoms with Crippen LogP contribution in [0.4, 0.5) is 0 Å². The normalized spacial score (nSPS) is 12.0. The molecule has 2 aromatic carbocycles. The number of halogens is 1. The summed E-state index contributed by atoms with van der Waals surface area (Å²) in [4.78, 5) is 2.38. The number of rotatable bonds is 6. The molecule has 0 aliphatic carbocycles. The van der Waals surface area contributed by atoms with Gasteiger partial charge in [-0.2, -0.15) is 18.4 Å². The third-order valence-corrected chi connectivity index (χ3v) is 4.79. The van der Waals surface area contributed by atoms with Crippen LogP contribution in [0.15, 0.2) is 63.0 Å². The van der Waals surface area contributed by atoms with E-state index >= 15 is 0 Å². The summed E-state index contributed by atoms with van der Waals surface area (Å²) in [5.74, 6) is 0.626. The fourth-order valence-corrected chi connectivity index (χ4v) is 2.94. The Morgan fingerprint density at radius 1 is 1.13 bits per heavy atom. The number of sulfonamides is 1. The molecule has 122 valence electrons. The van der Waals surface area contributed by atoms with Crippen molar-refractivity contribution < 1.29 is 13.2 Å². The van der Waals surface area contributed by atoms with E-state index in [1.54, 1.807) is 19.1 Å². The lowest BCUT2D eigenvalue weighted by atomic mass is 10.1. The van der Waals surface area contributed by atoms with E-state index in [2.05, 4.69) is 25.9 Å². The minimum absolute atomic E-state index is 0.133. The Hall–Kier alpha value is -1.86. The Balaban J connectivity index is 2.14. The summed E-state index contributed by atoms with van der Waals surface area (Å²) in [6.45, 7) is 4.14. The number of ether oxygens (including phenoxy) is 1. The van der Waals surface area contributed by atoms with Gasteiger partial charge in [-0.15, -0.1) is 0 Å².